The third-order valence-corrected chi connectivity index (χ3v) is 6.09. The van der Waals surface area contributed by atoms with E-state index in [1.165, 1.54) is 5.56 Å². The molecule has 0 radical (unpaired) electrons. The number of hydrogen-bond acceptors (Lipinski definition) is 6. The molecule has 3 aliphatic heterocycles. The fourth-order valence-electron chi connectivity index (χ4n) is 4.71. The van der Waals surface area contributed by atoms with E-state index in [9.17, 15) is 4.79 Å². The maximum absolute atomic E-state index is 11.2. The van der Waals surface area contributed by atoms with Crippen LogP contribution >= 0.6 is 0 Å². The number of benzene rings is 1. The summed E-state index contributed by atoms with van der Waals surface area (Å²) in [5.41, 5.74) is 7.86. The molecule has 0 aliphatic carbocycles. The van der Waals surface area contributed by atoms with Crippen LogP contribution in [-0.2, 0) is 14.3 Å². The first-order valence-electron chi connectivity index (χ1n) is 10.4. The largest absolute Gasteiger partial charge is 0.377 e. The van der Waals surface area contributed by atoms with Gasteiger partial charge < -0.3 is 14.8 Å². The van der Waals surface area contributed by atoms with Gasteiger partial charge in [-0.15, -0.1) is 0 Å². The molecule has 3 aliphatic rings. The van der Waals surface area contributed by atoms with Crippen LogP contribution in [0.15, 0.2) is 30.3 Å². The van der Waals surface area contributed by atoms with E-state index in [4.69, 9.17) is 9.47 Å². The highest BCUT2D eigenvalue weighted by atomic mass is 16.6. The maximum Gasteiger partial charge on any atom is 0.216 e. The zero-order valence-corrected chi connectivity index (χ0v) is 16.7. The van der Waals surface area contributed by atoms with E-state index in [1.807, 2.05) is 0 Å². The van der Waals surface area contributed by atoms with Gasteiger partial charge in [0.25, 0.3) is 0 Å². The van der Waals surface area contributed by atoms with Crippen molar-refractivity contribution < 1.29 is 14.3 Å². The second-order valence-electron chi connectivity index (χ2n) is 8.36. The second-order valence-corrected chi connectivity index (χ2v) is 8.36. The average molecular weight is 389 g/mol. The van der Waals surface area contributed by atoms with E-state index < -0.39 is 0 Å². The molecular weight excluding hydrogens is 356 g/mol. The Balaban J connectivity index is 1.37. The molecule has 1 aromatic rings. The van der Waals surface area contributed by atoms with E-state index in [0.717, 1.165) is 45.6 Å². The predicted molar refractivity (Wildman–Crippen MR) is 107 cm³/mol. The van der Waals surface area contributed by atoms with Gasteiger partial charge in [-0.3, -0.25) is 15.1 Å². The van der Waals surface area contributed by atoms with Crippen LogP contribution in [0.4, 0.5) is 0 Å². The van der Waals surface area contributed by atoms with Gasteiger partial charge >= 0.3 is 0 Å². The molecule has 1 spiro atoms. The summed E-state index contributed by atoms with van der Waals surface area (Å²) in [5, 5.41) is 2.88. The molecule has 3 N–H and O–H groups in total. The number of hydrazine groups is 1. The van der Waals surface area contributed by atoms with Gasteiger partial charge in [-0.2, -0.15) is 0 Å². The highest BCUT2D eigenvalue weighted by molar-refractivity contribution is 5.72. The van der Waals surface area contributed by atoms with Crippen LogP contribution in [0.2, 0.25) is 0 Å². The van der Waals surface area contributed by atoms with Crippen LogP contribution in [0, 0.1) is 5.92 Å². The lowest BCUT2D eigenvalue weighted by Crippen LogP contribution is -2.47. The monoisotopic (exact) mass is 388 g/mol. The average Bonchev–Trinajstić information content (AvgIpc) is 3.26. The van der Waals surface area contributed by atoms with Crippen molar-refractivity contribution in [2.45, 2.75) is 37.5 Å². The van der Waals surface area contributed by atoms with Gasteiger partial charge in [0.15, 0.2) is 0 Å². The van der Waals surface area contributed by atoms with Crippen molar-refractivity contribution in [2.24, 2.45) is 5.92 Å². The van der Waals surface area contributed by atoms with E-state index >= 15 is 0 Å². The van der Waals surface area contributed by atoms with Crippen molar-refractivity contribution >= 4 is 5.91 Å². The zero-order valence-electron chi connectivity index (χ0n) is 16.7. The van der Waals surface area contributed by atoms with Crippen molar-refractivity contribution in [1.29, 1.82) is 0 Å². The third-order valence-electron chi connectivity index (χ3n) is 6.09. The molecule has 1 aromatic carbocycles. The van der Waals surface area contributed by atoms with E-state index in [-0.39, 0.29) is 17.6 Å². The Kier molecular flexibility index (Phi) is 6.28. The number of ether oxygens (including phenoxy) is 2. The molecule has 0 aromatic heterocycles. The summed E-state index contributed by atoms with van der Waals surface area (Å²) in [6.45, 7) is 7.30. The van der Waals surface area contributed by atoms with Gasteiger partial charge in [-0.05, 0) is 18.4 Å². The summed E-state index contributed by atoms with van der Waals surface area (Å²) in [7, 11) is 0. The molecule has 7 heteroatoms. The van der Waals surface area contributed by atoms with Crippen molar-refractivity contribution in [3.63, 3.8) is 0 Å². The number of carbonyl (C=O) groups excluding carboxylic acids is 1. The number of hydrogen-bond donors (Lipinski definition) is 3. The van der Waals surface area contributed by atoms with Crippen LogP contribution < -0.4 is 16.2 Å². The molecule has 7 nitrogen and oxygen atoms in total. The number of nitrogens with one attached hydrogen (secondary N) is 3. The molecule has 3 fully saturated rings. The smallest absolute Gasteiger partial charge is 0.216 e. The molecule has 3 saturated heterocycles. The molecule has 0 saturated carbocycles. The minimum absolute atomic E-state index is 0.00326. The molecule has 1 amide bonds. The summed E-state index contributed by atoms with van der Waals surface area (Å²) in [5.74, 6) is 0.491. The van der Waals surface area contributed by atoms with Crippen LogP contribution in [0.5, 0.6) is 0 Å². The SMILES string of the molecule is CC(=O)NC[C@@H]1CC[C@]2(COCCN(CC3CNNC3c3ccccc3)C2)O1. The zero-order chi connectivity index (χ0) is 19.4. The first kappa shape index (κ1) is 19.8. The minimum atomic E-state index is -0.249. The van der Waals surface area contributed by atoms with Crippen LogP contribution in [-0.4, -0.2) is 68.4 Å². The van der Waals surface area contributed by atoms with Crippen molar-refractivity contribution in [3.05, 3.63) is 35.9 Å². The van der Waals surface area contributed by atoms with Gasteiger partial charge in [-0.25, -0.2) is 5.43 Å². The Hall–Kier alpha value is -1.51. The quantitative estimate of drug-likeness (QED) is 0.694. The molecule has 154 valence electrons. The summed E-state index contributed by atoms with van der Waals surface area (Å²) in [6, 6.07) is 11.0. The molecule has 28 heavy (non-hydrogen) atoms. The highest BCUT2D eigenvalue weighted by Gasteiger charge is 2.43. The molecule has 0 bridgehead atoms. The Labute approximate surface area is 167 Å². The first-order chi connectivity index (χ1) is 13.6. The Bertz CT molecular complexity index is 658. The summed E-state index contributed by atoms with van der Waals surface area (Å²) < 4.78 is 12.3. The molecule has 4 rings (SSSR count). The minimum Gasteiger partial charge on any atom is -0.377 e. The Morgan fingerprint density at radius 1 is 1.36 bits per heavy atom. The molecule has 3 heterocycles. The highest BCUT2D eigenvalue weighted by Crippen LogP contribution is 2.34. The normalized spacial score (nSPS) is 33.8. The van der Waals surface area contributed by atoms with E-state index in [2.05, 4.69) is 51.4 Å². The predicted octanol–water partition coefficient (Wildman–Crippen LogP) is 0.838. The van der Waals surface area contributed by atoms with Crippen LogP contribution in [0.1, 0.15) is 31.4 Å². The van der Waals surface area contributed by atoms with Crippen molar-refractivity contribution in [2.75, 3.05) is 45.9 Å². The first-order valence-corrected chi connectivity index (χ1v) is 10.4. The lowest BCUT2D eigenvalue weighted by molar-refractivity contribution is -0.121. The van der Waals surface area contributed by atoms with E-state index in [1.54, 1.807) is 6.92 Å². The Morgan fingerprint density at radius 2 is 2.21 bits per heavy atom. The van der Waals surface area contributed by atoms with Gasteiger partial charge in [0.2, 0.25) is 5.91 Å². The number of amides is 1. The lowest BCUT2D eigenvalue weighted by atomic mass is 9.93. The maximum atomic E-state index is 11.2. The fraction of sp³-hybridized carbons (Fsp3) is 0.667. The fourth-order valence-corrected chi connectivity index (χ4v) is 4.71. The van der Waals surface area contributed by atoms with Crippen LogP contribution in [0.25, 0.3) is 0 Å². The third kappa shape index (κ3) is 4.72. The topological polar surface area (TPSA) is 74.9 Å². The number of carbonyl (C=O) groups is 1. The second kappa shape index (κ2) is 8.88. The molecular formula is C21H32N4O3. The van der Waals surface area contributed by atoms with Gasteiger partial charge in [0, 0.05) is 45.6 Å². The summed E-state index contributed by atoms with van der Waals surface area (Å²) in [6.07, 6.45) is 2.03. The molecule has 2 unspecified atom stereocenters. The number of nitrogens with zero attached hydrogens (tertiary/aromatic N) is 1. The van der Waals surface area contributed by atoms with Gasteiger partial charge in [-0.1, -0.05) is 30.3 Å². The van der Waals surface area contributed by atoms with Gasteiger partial charge in [0.05, 0.1) is 25.4 Å². The van der Waals surface area contributed by atoms with Crippen molar-refractivity contribution in [3.8, 4) is 0 Å². The summed E-state index contributed by atoms with van der Waals surface area (Å²) >= 11 is 0. The standard InChI is InChI=1S/C21H32N4O3/c1-16(26)22-12-19-7-8-21(28-19)14-25(9-10-27-15-21)13-18-11-23-24-20(18)17-5-3-2-4-6-17/h2-6,18-20,23-24H,7-15H2,1H3,(H,22,26)/t18?,19-,20?,21-/m0/s1. The van der Waals surface area contributed by atoms with Gasteiger partial charge in [0.1, 0.15) is 5.60 Å². The number of rotatable bonds is 5. The Morgan fingerprint density at radius 3 is 3.04 bits per heavy atom. The van der Waals surface area contributed by atoms with Crippen molar-refractivity contribution in [1.82, 2.24) is 21.1 Å². The lowest BCUT2D eigenvalue weighted by Gasteiger charge is -2.34. The van der Waals surface area contributed by atoms with E-state index in [0.29, 0.717) is 25.1 Å². The molecule has 4 atom stereocenters. The van der Waals surface area contributed by atoms with Crippen LogP contribution in [0.3, 0.4) is 0 Å². The summed E-state index contributed by atoms with van der Waals surface area (Å²) in [4.78, 5) is 13.7.